The minimum Gasteiger partial charge on any atom is -0.494 e. The first-order chi connectivity index (χ1) is 13.0. The second-order valence-corrected chi connectivity index (χ2v) is 6.01. The van der Waals surface area contributed by atoms with E-state index in [9.17, 15) is 14.4 Å². The number of amides is 2. The van der Waals surface area contributed by atoms with Gasteiger partial charge in [-0.25, -0.2) is 0 Å². The normalized spacial score (nSPS) is 15.0. The maximum absolute atomic E-state index is 12.9. The largest absolute Gasteiger partial charge is 0.494 e. The van der Waals surface area contributed by atoms with Crippen molar-refractivity contribution in [1.82, 2.24) is 4.90 Å². The van der Waals surface area contributed by atoms with Crippen LogP contribution < -0.4 is 4.74 Å². The molecule has 2 aromatic carbocycles. The number of ether oxygens (including phenoxy) is 1. The first-order valence-corrected chi connectivity index (χ1v) is 8.63. The van der Waals surface area contributed by atoms with Crippen molar-refractivity contribution in [2.45, 2.75) is 13.3 Å². The Bertz CT molecular complexity index is 914. The number of rotatable bonds is 6. The third kappa shape index (κ3) is 3.89. The van der Waals surface area contributed by atoms with Crippen LogP contribution in [0.4, 0.5) is 0 Å². The van der Waals surface area contributed by atoms with Gasteiger partial charge in [-0.1, -0.05) is 30.3 Å². The van der Waals surface area contributed by atoms with E-state index in [4.69, 9.17) is 9.84 Å². The number of carbonyl (C=O) groups excluding carboxylic acids is 2. The maximum atomic E-state index is 12.9. The maximum Gasteiger partial charge on any atom is 0.305 e. The monoisotopic (exact) mass is 365 g/mol. The van der Waals surface area contributed by atoms with Crippen molar-refractivity contribution in [1.29, 1.82) is 0 Å². The van der Waals surface area contributed by atoms with Gasteiger partial charge in [-0.05, 0) is 42.3 Å². The van der Waals surface area contributed by atoms with Crippen molar-refractivity contribution in [2.75, 3.05) is 13.2 Å². The van der Waals surface area contributed by atoms with E-state index in [-0.39, 0.29) is 13.0 Å². The molecule has 2 aromatic rings. The Hall–Kier alpha value is -3.41. The molecule has 0 unspecified atom stereocenters. The minimum atomic E-state index is -1.06. The van der Waals surface area contributed by atoms with Gasteiger partial charge in [0.05, 0.1) is 13.0 Å². The van der Waals surface area contributed by atoms with Gasteiger partial charge in [-0.15, -0.1) is 0 Å². The fourth-order valence-corrected chi connectivity index (χ4v) is 2.95. The smallest absolute Gasteiger partial charge is 0.305 e. The third-order valence-corrected chi connectivity index (χ3v) is 4.22. The van der Waals surface area contributed by atoms with Crippen LogP contribution in [-0.4, -0.2) is 40.9 Å². The van der Waals surface area contributed by atoms with Crippen LogP contribution in [0.1, 0.15) is 34.8 Å². The summed E-state index contributed by atoms with van der Waals surface area (Å²) >= 11 is 0. The number of aliphatic carboxylic acids is 1. The Morgan fingerprint density at radius 3 is 2.33 bits per heavy atom. The Labute approximate surface area is 156 Å². The summed E-state index contributed by atoms with van der Waals surface area (Å²) in [7, 11) is 0. The Kier molecular flexibility index (Phi) is 5.35. The molecular weight excluding hydrogens is 346 g/mol. The fourth-order valence-electron chi connectivity index (χ4n) is 2.95. The van der Waals surface area contributed by atoms with Crippen LogP contribution in [0.25, 0.3) is 11.6 Å². The first kappa shape index (κ1) is 18.4. The van der Waals surface area contributed by atoms with Crippen LogP contribution in [0, 0.1) is 0 Å². The molecule has 0 spiro atoms. The van der Waals surface area contributed by atoms with E-state index in [1.54, 1.807) is 30.3 Å². The Morgan fingerprint density at radius 1 is 1.04 bits per heavy atom. The van der Waals surface area contributed by atoms with Crippen LogP contribution in [-0.2, 0) is 9.59 Å². The lowest BCUT2D eigenvalue weighted by Crippen LogP contribution is -2.42. The van der Waals surface area contributed by atoms with Crippen LogP contribution in [0.2, 0.25) is 0 Å². The van der Waals surface area contributed by atoms with Crippen molar-refractivity contribution in [2.24, 2.45) is 0 Å². The molecule has 27 heavy (non-hydrogen) atoms. The summed E-state index contributed by atoms with van der Waals surface area (Å²) in [5.74, 6) is -1.30. The van der Waals surface area contributed by atoms with Gasteiger partial charge in [-0.2, -0.15) is 0 Å². The average Bonchev–Trinajstić information content (AvgIpc) is 2.66. The highest BCUT2D eigenvalue weighted by Gasteiger charge is 2.34. The molecule has 1 heterocycles. The molecule has 0 radical (unpaired) electrons. The molecule has 1 aliphatic rings. The van der Waals surface area contributed by atoms with Gasteiger partial charge >= 0.3 is 5.97 Å². The molecule has 0 bridgehead atoms. The summed E-state index contributed by atoms with van der Waals surface area (Å²) in [5.41, 5.74) is 2.08. The van der Waals surface area contributed by atoms with Crippen LogP contribution >= 0.6 is 0 Å². The molecule has 0 aromatic heterocycles. The summed E-state index contributed by atoms with van der Waals surface area (Å²) in [5, 5.41) is 8.91. The quantitative estimate of drug-likeness (QED) is 0.628. The highest BCUT2D eigenvalue weighted by Crippen LogP contribution is 2.30. The van der Waals surface area contributed by atoms with E-state index in [0.29, 0.717) is 23.3 Å². The van der Waals surface area contributed by atoms with Gasteiger partial charge in [0.25, 0.3) is 11.8 Å². The first-order valence-electron chi connectivity index (χ1n) is 8.63. The number of carboxylic acid groups (broad SMARTS) is 1. The number of hydrogen-bond acceptors (Lipinski definition) is 4. The molecule has 0 fully saturated rings. The lowest BCUT2D eigenvalue weighted by Gasteiger charge is -2.28. The van der Waals surface area contributed by atoms with Gasteiger partial charge in [0.15, 0.2) is 0 Å². The van der Waals surface area contributed by atoms with Crippen molar-refractivity contribution in [3.05, 3.63) is 65.2 Å². The zero-order valence-electron chi connectivity index (χ0n) is 14.8. The van der Waals surface area contributed by atoms with Gasteiger partial charge in [0.2, 0.25) is 0 Å². The molecule has 0 saturated heterocycles. The minimum absolute atomic E-state index is 0.165. The Balaban J connectivity index is 2.01. The molecule has 1 aliphatic heterocycles. The number of benzene rings is 2. The molecule has 1 N–H and O–H groups in total. The summed E-state index contributed by atoms with van der Waals surface area (Å²) in [6.07, 6.45) is 1.41. The number of imide groups is 1. The molecule has 6 heteroatoms. The number of carbonyl (C=O) groups is 3. The molecule has 2 amide bonds. The summed E-state index contributed by atoms with van der Waals surface area (Å²) in [6, 6.07) is 14.1. The average molecular weight is 365 g/mol. The molecule has 0 atom stereocenters. The lowest BCUT2D eigenvalue weighted by atomic mass is 9.92. The molecular formula is C21H19NO5. The van der Waals surface area contributed by atoms with Crippen molar-refractivity contribution in [3.63, 3.8) is 0 Å². The van der Waals surface area contributed by atoms with Crippen LogP contribution in [0.15, 0.2) is 48.5 Å². The highest BCUT2D eigenvalue weighted by molar-refractivity contribution is 6.33. The SMILES string of the molecule is CCOc1ccc(/C=C2\C(=O)N(CCC(=O)O)C(=O)c3ccccc32)cc1. The molecule has 138 valence electrons. The Morgan fingerprint density at radius 2 is 1.70 bits per heavy atom. The number of fused-ring (bicyclic) bond motifs is 1. The van der Waals surface area contributed by atoms with E-state index >= 15 is 0 Å². The van der Waals surface area contributed by atoms with Crippen molar-refractivity contribution < 1.29 is 24.2 Å². The zero-order chi connectivity index (χ0) is 19.4. The highest BCUT2D eigenvalue weighted by atomic mass is 16.5. The predicted molar refractivity (Wildman–Crippen MR) is 100 cm³/mol. The molecule has 3 rings (SSSR count). The van der Waals surface area contributed by atoms with E-state index in [1.165, 1.54) is 0 Å². The summed E-state index contributed by atoms with van der Waals surface area (Å²) < 4.78 is 5.42. The van der Waals surface area contributed by atoms with E-state index in [0.717, 1.165) is 16.2 Å². The van der Waals surface area contributed by atoms with Gasteiger partial charge in [0.1, 0.15) is 5.75 Å². The lowest BCUT2D eigenvalue weighted by molar-refractivity contribution is -0.137. The van der Waals surface area contributed by atoms with Gasteiger partial charge < -0.3 is 9.84 Å². The topological polar surface area (TPSA) is 83.9 Å². The number of hydrogen-bond donors (Lipinski definition) is 1. The van der Waals surface area contributed by atoms with Gasteiger partial charge in [0, 0.05) is 17.7 Å². The second-order valence-electron chi connectivity index (χ2n) is 6.01. The summed E-state index contributed by atoms with van der Waals surface area (Å²) in [4.78, 5) is 37.4. The predicted octanol–water partition coefficient (Wildman–Crippen LogP) is 3.08. The van der Waals surface area contributed by atoms with E-state index < -0.39 is 17.8 Å². The van der Waals surface area contributed by atoms with Crippen molar-refractivity contribution >= 4 is 29.4 Å². The fraction of sp³-hybridized carbons (Fsp3) is 0.190. The van der Waals surface area contributed by atoms with Gasteiger partial charge in [-0.3, -0.25) is 19.3 Å². The second kappa shape index (κ2) is 7.86. The molecule has 0 aliphatic carbocycles. The van der Waals surface area contributed by atoms with E-state index in [2.05, 4.69) is 0 Å². The zero-order valence-corrected chi connectivity index (χ0v) is 14.8. The van der Waals surface area contributed by atoms with Crippen molar-refractivity contribution in [3.8, 4) is 5.75 Å². The summed E-state index contributed by atoms with van der Waals surface area (Å²) in [6.45, 7) is 2.30. The number of carboxylic acids is 1. The van der Waals surface area contributed by atoms with E-state index in [1.807, 2.05) is 31.2 Å². The molecule has 6 nitrogen and oxygen atoms in total. The number of nitrogens with zero attached hydrogens (tertiary/aromatic N) is 1. The van der Waals surface area contributed by atoms with Crippen LogP contribution in [0.5, 0.6) is 5.75 Å². The molecule has 0 saturated carbocycles. The standard InChI is InChI=1S/C21H19NO5/c1-2-27-15-9-7-14(8-10-15)13-18-16-5-3-4-6-17(16)20(25)22(21(18)26)12-11-19(23)24/h3-10,13H,2,11-12H2,1H3,(H,23,24)/b18-13-. The van der Waals surface area contributed by atoms with Crippen LogP contribution in [0.3, 0.4) is 0 Å². The third-order valence-electron chi connectivity index (χ3n) is 4.22.